The van der Waals surface area contributed by atoms with Crippen molar-refractivity contribution in [2.24, 2.45) is 17.8 Å². The van der Waals surface area contributed by atoms with E-state index < -0.39 is 6.04 Å². The van der Waals surface area contributed by atoms with E-state index in [4.69, 9.17) is 9.72 Å². The maximum Gasteiger partial charge on any atom is 0.329 e. The van der Waals surface area contributed by atoms with E-state index in [1.165, 1.54) is 17.7 Å². The molecule has 1 aliphatic rings. The Morgan fingerprint density at radius 1 is 1.12 bits per heavy atom. The first-order chi connectivity index (χ1) is 16.2. The number of imidazole rings is 1. The van der Waals surface area contributed by atoms with Crippen LogP contribution in [-0.4, -0.2) is 35.7 Å². The molecule has 1 fully saturated rings. The van der Waals surface area contributed by atoms with Crippen molar-refractivity contribution in [1.29, 1.82) is 0 Å². The molecule has 0 saturated heterocycles. The standard InChI is InChI=1S/C29H39N3O2/c1-18(2)23-14-12-19(3)16-27(23)34-29(33)21(5)32-26-11-9-8-10-24(26)30-28(32)22-13-15-25(31(6)7)20(4)17-22/h8-11,13,15,17-19,21,23,27H,12,14,16H2,1-7H3/t19-,21-,23+,27?/m1/s1. The number of rotatable bonds is 6. The van der Waals surface area contributed by atoms with Crippen molar-refractivity contribution in [3.63, 3.8) is 0 Å². The lowest BCUT2D eigenvalue weighted by molar-refractivity contribution is -0.159. The highest BCUT2D eigenvalue weighted by molar-refractivity contribution is 5.85. The Morgan fingerprint density at radius 2 is 1.85 bits per heavy atom. The minimum atomic E-state index is -0.471. The molecule has 1 saturated carbocycles. The lowest BCUT2D eigenvalue weighted by Gasteiger charge is -2.37. The van der Waals surface area contributed by atoms with Gasteiger partial charge in [0.05, 0.1) is 11.0 Å². The summed E-state index contributed by atoms with van der Waals surface area (Å²) in [5.41, 5.74) is 5.19. The summed E-state index contributed by atoms with van der Waals surface area (Å²) < 4.78 is 8.30. The number of hydrogen-bond acceptors (Lipinski definition) is 4. The molecule has 1 unspecified atom stereocenters. The van der Waals surface area contributed by atoms with Crippen LogP contribution in [0, 0.1) is 24.7 Å². The van der Waals surface area contributed by atoms with Crippen LogP contribution in [0.2, 0.25) is 0 Å². The molecule has 0 amide bonds. The third-order valence-corrected chi connectivity index (χ3v) is 7.49. The molecule has 2 aromatic carbocycles. The fourth-order valence-corrected chi connectivity index (χ4v) is 5.54. The molecular formula is C29H39N3O2. The maximum atomic E-state index is 13.5. The van der Waals surface area contributed by atoms with Gasteiger partial charge in [-0.2, -0.15) is 0 Å². The lowest BCUT2D eigenvalue weighted by Crippen LogP contribution is -2.37. The molecule has 5 nitrogen and oxygen atoms in total. The number of aromatic nitrogens is 2. The summed E-state index contributed by atoms with van der Waals surface area (Å²) in [4.78, 5) is 20.6. The van der Waals surface area contributed by atoms with Crippen LogP contribution in [0.25, 0.3) is 22.4 Å². The molecule has 4 rings (SSSR count). The van der Waals surface area contributed by atoms with Crippen molar-refractivity contribution in [1.82, 2.24) is 9.55 Å². The van der Waals surface area contributed by atoms with Gasteiger partial charge >= 0.3 is 5.97 Å². The van der Waals surface area contributed by atoms with Crippen molar-refractivity contribution >= 4 is 22.7 Å². The average Bonchev–Trinajstić information content (AvgIpc) is 3.17. The van der Waals surface area contributed by atoms with Gasteiger partial charge in [-0.1, -0.05) is 39.3 Å². The number of benzene rings is 2. The van der Waals surface area contributed by atoms with E-state index in [1.54, 1.807) is 0 Å². The Kier molecular flexibility index (Phi) is 7.01. The number of nitrogens with zero attached hydrogens (tertiary/aromatic N) is 3. The van der Waals surface area contributed by atoms with Crippen LogP contribution in [0.1, 0.15) is 58.6 Å². The van der Waals surface area contributed by atoms with Crippen LogP contribution in [-0.2, 0) is 9.53 Å². The number of ether oxygens (including phenoxy) is 1. The summed E-state index contributed by atoms with van der Waals surface area (Å²) in [5.74, 6) is 2.15. The van der Waals surface area contributed by atoms with E-state index in [9.17, 15) is 4.79 Å². The monoisotopic (exact) mass is 461 g/mol. The Bertz CT molecular complexity index is 1160. The highest BCUT2D eigenvalue weighted by Gasteiger charge is 2.35. The minimum absolute atomic E-state index is 0.0152. The first kappa shape index (κ1) is 24.3. The molecule has 3 aromatic rings. The number of esters is 1. The van der Waals surface area contributed by atoms with Crippen molar-refractivity contribution in [2.45, 2.75) is 66.0 Å². The van der Waals surface area contributed by atoms with E-state index in [1.807, 2.05) is 45.3 Å². The van der Waals surface area contributed by atoms with Crippen molar-refractivity contribution in [3.8, 4) is 11.4 Å². The summed E-state index contributed by atoms with van der Waals surface area (Å²) in [6.45, 7) is 10.8. The average molecular weight is 462 g/mol. The normalized spacial score (nSPS) is 21.6. The quantitative estimate of drug-likeness (QED) is 0.386. The zero-order chi connectivity index (χ0) is 24.6. The van der Waals surface area contributed by atoms with Gasteiger partial charge in [-0.05, 0) is 80.3 Å². The van der Waals surface area contributed by atoms with Gasteiger partial charge in [-0.3, -0.25) is 0 Å². The van der Waals surface area contributed by atoms with E-state index in [2.05, 4.69) is 55.4 Å². The summed E-state index contributed by atoms with van der Waals surface area (Å²) in [6, 6.07) is 13.9. The van der Waals surface area contributed by atoms with Crippen LogP contribution in [0.15, 0.2) is 42.5 Å². The van der Waals surface area contributed by atoms with Gasteiger partial charge in [-0.15, -0.1) is 0 Å². The number of fused-ring (bicyclic) bond motifs is 1. The van der Waals surface area contributed by atoms with Crippen molar-refractivity contribution in [3.05, 3.63) is 48.0 Å². The van der Waals surface area contributed by atoms with Gasteiger partial charge in [0, 0.05) is 25.3 Å². The number of para-hydroxylation sites is 2. The molecule has 1 aliphatic carbocycles. The molecule has 0 N–H and O–H groups in total. The number of hydrogen-bond donors (Lipinski definition) is 0. The van der Waals surface area contributed by atoms with Crippen molar-refractivity contribution < 1.29 is 9.53 Å². The smallest absolute Gasteiger partial charge is 0.329 e. The molecule has 0 spiro atoms. The van der Waals surface area contributed by atoms with Crippen LogP contribution in [0.4, 0.5) is 5.69 Å². The first-order valence-corrected chi connectivity index (χ1v) is 12.6. The first-order valence-electron chi connectivity index (χ1n) is 12.6. The second-order valence-electron chi connectivity index (χ2n) is 10.7. The van der Waals surface area contributed by atoms with E-state index in [-0.39, 0.29) is 12.1 Å². The molecule has 4 atom stereocenters. The van der Waals surface area contributed by atoms with Gasteiger partial charge in [0.25, 0.3) is 0 Å². The minimum Gasteiger partial charge on any atom is -0.461 e. The maximum absolute atomic E-state index is 13.5. The largest absolute Gasteiger partial charge is 0.461 e. The van der Waals surface area contributed by atoms with Crippen LogP contribution >= 0.6 is 0 Å². The molecular weight excluding hydrogens is 422 g/mol. The molecule has 1 heterocycles. The zero-order valence-electron chi connectivity index (χ0n) is 21.7. The third kappa shape index (κ3) is 4.70. The highest BCUT2D eigenvalue weighted by atomic mass is 16.5. The van der Waals surface area contributed by atoms with Gasteiger partial charge in [0.2, 0.25) is 0 Å². The number of anilines is 1. The summed E-state index contributed by atoms with van der Waals surface area (Å²) in [7, 11) is 4.09. The third-order valence-electron chi connectivity index (χ3n) is 7.49. The molecule has 182 valence electrons. The molecule has 5 heteroatoms. The second kappa shape index (κ2) is 9.81. The van der Waals surface area contributed by atoms with Gasteiger partial charge in [0.1, 0.15) is 18.0 Å². The predicted molar refractivity (Wildman–Crippen MR) is 140 cm³/mol. The Balaban J connectivity index is 1.71. The van der Waals surface area contributed by atoms with E-state index in [0.717, 1.165) is 35.3 Å². The Labute approximate surface area is 204 Å². The van der Waals surface area contributed by atoms with Crippen LogP contribution in [0.3, 0.4) is 0 Å². The van der Waals surface area contributed by atoms with E-state index in [0.29, 0.717) is 17.8 Å². The van der Waals surface area contributed by atoms with Crippen LogP contribution < -0.4 is 4.90 Å². The summed E-state index contributed by atoms with van der Waals surface area (Å²) in [5, 5.41) is 0. The lowest BCUT2D eigenvalue weighted by atomic mass is 9.75. The molecule has 0 radical (unpaired) electrons. The van der Waals surface area contributed by atoms with Crippen LogP contribution in [0.5, 0.6) is 0 Å². The fraction of sp³-hybridized carbons (Fsp3) is 0.517. The summed E-state index contributed by atoms with van der Waals surface area (Å²) >= 11 is 0. The Hall–Kier alpha value is -2.82. The zero-order valence-corrected chi connectivity index (χ0v) is 21.7. The van der Waals surface area contributed by atoms with Gasteiger partial charge in [0.15, 0.2) is 0 Å². The molecule has 1 aromatic heterocycles. The molecule has 34 heavy (non-hydrogen) atoms. The summed E-state index contributed by atoms with van der Waals surface area (Å²) in [6.07, 6.45) is 3.27. The van der Waals surface area contributed by atoms with Gasteiger partial charge < -0.3 is 14.2 Å². The second-order valence-corrected chi connectivity index (χ2v) is 10.7. The van der Waals surface area contributed by atoms with E-state index >= 15 is 0 Å². The fourth-order valence-electron chi connectivity index (χ4n) is 5.54. The van der Waals surface area contributed by atoms with Crippen molar-refractivity contribution in [2.75, 3.05) is 19.0 Å². The topological polar surface area (TPSA) is 47.4 Å². The number of carbonyl (C=O) groups excluding carboxylic acids is 1. The number of aryl methyl sites for hydroxylation is 1. The van der Waals surface area contributed by atoms with Gasteiger partial charge in [-0.25, -0.2) is 9.78 Å². The molecule has 0 aliphatic heterocycles. The SMILES string of the molecule is Cc1cc(-c2nc3ccccc3n2[C@H](C)C(=O)OC2C[C@H](C)CC[C@H]2C(C)C)ccc1N(C)C. The number of carbonyl (C=O) groups is 1. The highest BCUT2D eigenvalue weighted by Crippen LogP contribution is 2.37. The predicted octanol–water partition coefficient (Wildman–Crippen LogP) is 6.64. The Morgan fingerprint density at radius 3 is 2.53 bits per heavy atom. The molecule has 0 bridgehead atoms.